The number of benzene rings is 3. The molecule has 3 nitrogen and oxygen atoms in total. The first-order chi connectivity index (χ1) is 12.7. The van der Waals surface area contributed by atoms with Crippen molar-refractivity contribution in [3.63, 3.8) is 0 Å². The molecule has 3 heteroatoms. The molecule has 1 aliphatic rings. The normalized spacial score (nSPS) is 14.2. The van der Waals surface area contributed by atoms with Gasteiger partial charge in [0.25, 0.3) is 0 Å². The second-order valence-corrected chi connectivity index (χ2v) is 7.06. The highest BCUT2D eigenvalue weighted by Crippen LogP contribution is 2.25. The average Bonchev–Trinajstić information content (AvgIpc) is 3.13. The number of anilines is 1. The summed E-state index contributed by atoms with van der Waals surface area (Å²) in [6.45, 7) is 2.39. The third-order valence-corrected chi connectivity index (χ3v) is 5.24. The molecule has 0 heterocycles. The van der Waals surface area contributed by atoms with E-state index in [-0.39, 0.29) is 11.9 Å². The molecule has 2 N–H and O–H groups in total. The van der Waals surface area contributed by atoms with Crippen LogP contribution in [0.25, 0.3) is 10.8 Å². The van der Waals surface area contributed by atoms with Crippen LogP contribution in [0.1, 0.15) is 36.1 Å². The minimum atomic E-state index is -0.00460. The van der Waals surface area contributed by atoms with Crippen molar-refractivity contribution in [2.45, 2.75) is 32.2 Å². The van der Waals surface area contributed by atoms with Crippen LogP contribution in [0.4, 0.5) is 5.69 Å². The molecule has 0 radical (unpaired) electrons. The topological polar surface area (TPSA) is 41.1 Å². The lowest BCUT2D eigenvalue weighted by molar-refractivity contribution is -0.115. The monoisotopic (exact) mass is 344 g/mol. The van der Waals surface area contributed by atoms with Crippen LogP contribution in [0.5, 0.6) is 0 Å². The van der Waals surface area contributed by atoms with Crippen LogP contribution < -0.4 is 10.6 Å². The maximum Gasteiger partial charge on any atom is 0.238 e. The Labute approximate surface area is 154 Å². The minimum Gasteiger partial charge on any atom is -0.325 e. The first-order valence-corrected chi connectivity index (χ1v) is 9.33. The third kappa shape index (κ3) is 3.49. The number of fused-ring (bicyclic) bond motifs is 2. The number of rotatable bonds is 5. The summed E-state index contributed by atoms with van der Waals surface area (Å²) in [6.07, 6.45) is 3.50. The van der Waals surface area contributed by atoms with Crippen molar-refractivity contribution in [3.8, 4) is 0 Å². The summed E-state index contributed by atoms with van der Waals surface area (Å²) in [7, 11) is 0. The van der Waals surface area contributed by atoms with E-state index in [1.165, 1.54) is 33.9 Å². The fourth-order valence-corrected chi connectivity index (χ4v) is 3.84. The van der Waals surface area contributed by atoms with E-state index >= 15 is 0 Å². The van der Waals surface area contributed by atoms with Crippen molar-refractivity contribution in [1.82, 2.24) is 5.32 Å². The Hall–Kier alpha value is -2.65. The highest BCUT2D eigenvalue weighted by Gasteiger charge is 2.13. The van der Waals surface area contributed by atoms with Crippen LogP contribution >= 0.6 is 0 Å². The molecule has 0 spiro atoms. The van der Waals surface area contributed by atoms with E-state index in [0.29, 0.717) is 6.54 Å². The van der Waals surface area contributed by atoms with Crippen LogP contribution in [-0.2, 0) is 17.6 Å². The van der Waals surface area contributed by atoms with Gasteiger partial charge in [-0.25, -0.2) is 0 Å². The van der Waals surface area contributed by atoms with Gasteiger partial charge >= 0.3 is 0 Å². The maximum atomic E-state index is 12.3. The summed E-state index contributed by atoms with van der Waals surface area (Å²) in [4.78, 5) is 12.3. The Bertz CT molecular complexity index is 943. The zero-order chi connectivity index (χ0) is 17.9. The van der Waals surface area contributed by atoms with E-state index in [9.17, 15) is 4.79 Å². The minimum absolute atomic E-state index is 0.00460. The van der Waals surface area contributed by atoms with Crippen LogP contribution in [0.3, 0.4) is 0 Å². The molecule has 1 aliphatic carbocycles. The summed E-state index contributed by atoms with van der Waals surface area (Å²) < 4.78 is 0. The van der Waals surface area contributed by atoms with Crippen molar-refractivity contribution in [2.24, 2.45) is 0 Å². The lowest BCUT2D eigenvalue weighted by Crippen LogP contribution is -2.30. The summed E-state index contributed by atoms with van der Waals surface area (Å²) >= 11 is 0. The Morgan fingerprint density at radius 3 is 2.73 bits per heavy atom. The molecule has 3 aromatic rings. The van der Waals surface area contributed by atoms with Gasteiger partial charge in [0.1, 0.15) is 0 Å². The number of amides is 1. The Morgan fingerprint density at radius 2 is 1.81 bits per heavy atom. The second kappa shape index (κ2) is 7.30. The molecule has 0 saturated heterocycles. The Balaban J connectivity index is 1.39. The number of nitrogens with one attached hydrogen (secondary N) is 2. The molecule has 132 valence electrons. The van der Waals surface area contributed by atoms with Crippen molar-refractivity contribution < 1.29 is 4.79 Å². The highest BCUT2D eigenvalue weighted by atomic mass is 16.1. The molecule has 0 fully saturated rings. The van der Waals surface area contributed by atoms with Crippen LogP contribution in [0.2, 0.25) is 0 Å². The molecule has 26 heavy (non-hydrogen) atoms. The molecular formula is C23H24N2O. The first-order valence-electron chi connectivity index (χ1n) is 9.33. The SMILES string of the molecule is C[C@H](NCC(=O)Nc1ccc2c(c1)CCC2)c1cccc2ccccc12. The largest absolute Gasteiger partial charge is 0.325 e. The molecule has 4 rings (SSSR count). The number of aryl methyl sites for hydroxylation is 2. The fourth-order valence-electron chi connectivity index (χ4n) is 3.84. The van der Waals surface area contributed by atoms with Crippen LogP contribution in [0, 0.1) is 0 Å². The van der Waals surface area contributed by atoms with Crippen molar-refractivity contribution in [3.05, 3.63) is 77.4 Å². The standard InChI is InChI=1S/C23H24N2O/c1-16(21-11-5-8-18-6-2-3-10-22(18)21)24-15-23(26)25-20-13-12-17-7-4-9-19(17)14-20/h2-3,5-6,8,10-14,16,24H,4,7,9,15H2,1H3,(H,25,26)/t16-/m0/s1. The molecule has 0 aromatic heterocycles. The number of hydrogen-bond acceptors (Lipinski definition) is 2. The van der Waals surface area contributed by atoms with Gasteiger partial charge in [0, 0.05) is 11.7 Å². The van der Waals surface area contributed by atoms with E-state index < -0.39 is 0 Å². The molecule has 0 unspecified atom stereocenters. The lowest BCUT2D eigenvalue weighted by atomic mass is 10.00. The van der Waals surface area contributed by atoms with Gasteiger partial charge in [-0.05, 0) is 65.8 Å². The van der Waals surface area contributed by atoms with Gasteiger partial charge in [-0.2, -0.15) is 0 Å². The maximum absolute atomic E-state index is 12.3. The zero-order valence-corrected chi connectivity index (χ0v) is 15.1. The van der Waals surface area contributed by atoms with Gasteiger partial charge < -0.3 is 10.6 Å². The van der Waals surface area contributed by atoms with Gasteiger partial charge in [0.15, 0.2) is 0 Å². The molecule has 1 amide bonds. The van der Waals surface area contributed by atoms with Gasteiger partial charge in [-0.1, -0.05) is 48.5 Å². The van der Waals surface area contributed by atoms with Gasteiger partial charge in [-0.3, -0.25) is 4.79 Å². The van der Waals surface area contributed by atoms with Gasteiger partial charge in [0.2, 0.25) is 5.91 Å². The molecular weight excluding hydrogens is 320 g/mol. The summed E-state index contributed by atoms with van der Waals surface area (Å²) in [5, 5.41) is 8.82. The van der Waals surface area contributed by atoms with Crippen molar-refractivity contribution in [2.75, 3.05) is 11.9 Å². The third-order valence-electron chi connectivity index (χ3n) is 5.24. The van der Waals surface area contributed by atoms with E-state index in [0.717, 1.165) is 18.5 Å². The van der Waals surface area contributed by atoms with Crippen molar-refractivity contribution in [1.29, 1.82) is 0 Å². The van der Waals surface area contributed by atoms with E-state index in [1.807, 2.05) is 12.1 Å². The van der Waals surface area contributed by atoms with Gasteiger partial charge in [-0.15, -0.1) is 0 Å². The molecule has 0 saturated carbocycles. The fraction of sp³-hybridized carbons (Fsp3) is 0.261. The van der Waals surface area contributed by atoms with Crippen molar-refractivity contribution >= 4 is 22.4 Å². The van der Waals surface area contributed by atoms with Gasteiger partial charge in [0.05, 0.1) is 6.54 Å². The molecule has 0 bridgehead atoms. The van der Waals surface area contributed by atoms with E-state index in [1.54, 1.807) is 0 Å². The summed E-state index contributed by atoms with van der Waals surface area (Å²) in [6, 6.07) is 21.0. The Kier molecular flexibility index (Phi) is 4.72. The highest BCUT2D eigenvalue weighted by molar-refractivity contribution is 5.92. The Morgan fingerprint density at radius 1 is 1.00 bits per heavy atom. The quantitative estimate of drug-likeness (QED) is 0.709. The number of hydrogen-bond donors (Lipinski definition) is 2. The lowest BCUT2D eigenvalue weighted by Gasteiger charge is -2.16. The molecule has 3 aromatic carbocycles. The van der Waals surface area contributed by atoms with Crippen LogP contribution in [-0.4, -0.2) is 12.5 Å². The number of carbonyl (C=O) groups is 1. The average molecular weight is 344 g/mol. The van der Waals surface area contributed by atoms with E-state index in [2.05, 4.69) is 66.1 Å². The number of carbonyl (C=O) groups excluding carboxylic acids is 1. The van der Waals surface area contributed by atoms with Crippen LogP contribution in [0.15, 0.2) is 60.7 Å². The first kappa shape index (κ1) is 16.8. The predicted octanol–water partition coefficient (Wildman–Crippen LogP) is 4.62. The smallest absolute Gasteiger partial charge is 0.238 e. The summed E-state index contributed by atoms with van der Waals surface area (Å²) in [5.41, 5.74) is 4.91. The van der Waals surface area contributed by atoms with E-state index in [4.69, 9.17) is 0 Å². The predicted molar refractivity (Wildman–Crippen MR) is 107 cm³/mol. The molecule has 1 atom stereocenters. The second-order valence-electron chi connectivity index (χ2n) is 7.06. The molecule has 0 aliphatic heterocycles. The summed E-state index contributed by atoms with van der Waals surface area (Å²) in [5.74, 6) is -0.00460. The zero-order valence-electron chi connectivity index (χ0n) is 15.1.